The highest BCUT2D eigenvalue weighted by Crippen LogP contribution is 2.19. The van der Waals surface area contributed by atoms with Gasteiger partial charge in [-0.3, -0.25) is 4.68 Å². The van der Waals surface area contributed by atoms with E-state index >= 15 is 0 Å². The van der Waals surface area contributed by atoms with Crippen molar-refractivity contribution in [2.75, 3.05) is 0 Å². The summed E-state index contributed by atoms with van der Waals surface area (Å²) < 4.78 is 1.81. The number of halogens is 1. The molecule has 0 bridgehead atoms. The van der Waals surface area contributed by atoms with Crippen LogP contribution in [0.4, 0.5) is 0 Å². The lowest BCUT2D eigenvalue weighted by molar-refractivity contribution is 0.768. The van der Waals surface area contributed by atoms with Crippen LogP contribution in [0.2, 0.25) is 0 Å². The summed E-state index contributed by atoms with van der Waals surface area (Å²) >= 11 is 3.43. The van der Waals surface area contributed by atoms with Gasteiger partial charge >= 0.3 is 0 Å². The number of nitrogens with zero attached hydrogens (tertiary/aromatic N) is 2. The van der Waals surface area contributed by atoms with Crippen molar-refractivity contribution in [3.63, 3.8) is 0 Å². The number of hydrogen-bond donors (Lipinski definition) is 0. The molecular formula is C11H11BrN2. The fraction of sp³-hybridized carbons (Fsp3) is 0.182. The molecule has 0 atom stereocenters. The van der Waals surface area contributed by atoms with Gasteiger partial charge in [0.2, 0.25) is 0 Å². The van der Waals surface area contributed by atoms with Gasteiger partial charge in [0.1, 0.15) is 0 Å². The van der Waals surface area contributed by atoms with E-state index in [-0.39, 0.29) is 0 Å². The van der Waals surface area contributed by atoms with Gasteiger partial charge in [-0.2, -0.15) is 5.10 Å². The second-order valence-electron chi connectivity index (χ2n) is 3.23. The molecule has 1 heterocycles. The van der Waals surface area contributed by atoms with Crippen LogP contribution in [0.5, 0.6) is 0 Å². The highest BCUT2D eigenvalue weighted by Gasteiger charge is 1.99. The Hall–Kier alpha value is -1.09. The number of hydrogen-bond acceptors (Lipinski definition) is 1. The SMILES string of the molecule is Cn1cc(-c2ccc(CBr)cc2)cn1. The highest BCUT2D eigenvalue weighted by atomic mass is 79.9. The van der Waals surface area contributed by atoms with Crippen LogP contribution in [0.3, 0.4) is 0 Å². The van der Waals surface area contributed by atoms with Gasteiger partial charge in [0.05, 0.1) is 6.20 Å². The summed E-state index contributed by atoms with van der Waals surface area (Å²) in [5.41, 5.74) is 3.66. The number of aromatic nitrogens is 2. The summed E-state index contributed by atoms with van der Waals surface area (Å²) in [5, 5.41) is 5.05. The molecule has 0 aliphatic carbocycles. The van der Waals surface area contributed by atoms with Crippen molar-refractivity contribution in [3.8, 4) is 11.1 Å². The van der Waals surface area contributed by atoms with Crippen LogP contribution in [-0.2, 0) is 12.4 Å². The van der Waals surface area contributed by atoms with Gasteiger partial charge in [-0.05, 0) is 11.1 Å². The lowest BCUT2D eigenvalue weighted by Crippen LogP contribution is -1.84. The summed E-state index contributed by atoms with van der Waals surface area (Å²) in [6, 6.07) is 8.48. The molecule has 0 spiro atoms. The topological polar surface area (TPSA) is 17.8 Å². The normalized spacial score (nSPS) is 10.4. The quantitative estimate of drug-likeness (QED) is 0.750. The van der Waals surface area contributed by atoms with Crippen molar-refractivity contribution in [3.05, 3.63) is 42.2 Å². The smallest absolute Gasteiger partial charge is 0.0568 e. The van der Waals surface area contributed by atoms with Crippen molar-refractivity contribution in [2.45, 2.75) is 5.33 Å². The van der Waals surface area contributed by atoms with Crippen LogP contribution in [0.25, 0.3) is 11.1 Å². The third-order valence-electron chi connectivity index (χ3n) is 2.15. The van der Waals surface area contributed by atoms with Crippen molar-refractivity contribution in [2.24, 2.45) is 7.05 Å². The van der Waals surface area contributed by atoms with Gasteiger partial charge in [0.15, 0.2) is 0 Å². The molecule has 0 saturated heterocycles. The fourth-order valence-corrected chi connectivity index (χ4v) is 1.73. The first-order valence-corrected chi connectivity index (χ1v) is 5.55. The maximum absolute atomic E-state index is 4.14. The van der Waals surface area contributed by atoms with Crippen molar-refractivity contribution >= 4 is 15.9 Å². The Bertz CT molecular complexity index is 417. The van der Waals surface area contributed by atoms with E-state index in [0.29, 0.717) is 0 Å². The van der Waals surface area contributed by atoms with Gasteiger partial charge in [-0.25, -0.2) is 0 Å². The Labute approximate surface area is 91.7 Å². The molecule has 0 aliphatic heterocycles. The van der Waals surface area contributed by atoms with Crippen LogP contribution in [-0.4, -0.2) is 9.78 Å². The molecule has 0 radical (unpaired) electrons. The third-order valence-corrected chi connectivity index (χ3v) is 2.79. The molecule has 1 aromatic carbocycles. The lowest BCUT2D eigenvalue weighted by Gasteiger charge is -1.98. The Morgan fingerprint density at radius 3 is 2.43 bits per heavy atom. The molecule has 14 heavy (non-hydrogen) atoms. The summed E-state index contributed by atoms with van der Waals surface area (Å²) in [6.45, 7) is 0. The van der Waals surface area contributed by atoms with Crippen LogP contribution in [0.1, 0.15) is 5.56 Å². The molecule has 2 aromatic rings. The van der Waals surface area contributed by atoms with Gasteiger partial charge in [-0.15, -0.1) is 0 Å². The molecule has 0 N–H and O–H groups in total. The first-order valence-electron chi connectivity index (χ1n) is 4.43. The molecule has 0 amide bonds. The number of aryl methyl sites for hydroxylation is 1. The number of rotatable bonds is 2. The second-order valence-corrected chi connectivity index (χ2v) is 3.79. The minimum Gasteiger partial charge on any atom is -0.275 e. The molecule has 1 aromatic heterocycles. The Morgan fingerprint density at radius 1 is 1.21 bits per heavy atom. The van der Waals surface area contributed by atoms with Gasteiger partial charge in [0.25, 0.3) is 0 Å². The van der Waals surface area contributed by atoms with E-state index in [1.54, 1.807) is 0 Å². The standard InChI is InChI=1S/C11H11BrN2/c1-14-8-11(7-13-14)10-4-2-9(6-12)3-5-10/h2-5,7-8H,6H2,1H3. The molecular weight excluding hydrogens is 240 g/mol. The van der Waals surface area contributed by atoms with E-state index in [0.717, 1.165) is 10.9 Å². The zero-order valence-electron chi connectivity index (χ0n) is 7.94. The van der Waals surface area contributed by atoms with Crippen LogP contribution >= 0.6 is 15.9 Å². The van der Waals surface area contributed by atoms with Crippen molar-refractivity contribution in [1.29, 1.82) is 0 Å². The fourth-order valence-electron chi connectivity index (χ4n) is 1.36. The highest BCUT2D eigenvalue weighted by molar-refractivity contribution is 9.08. The Balaban J connectivity index is 2.33. The zero-order valence-corrected chi connectivity index (χ0v) is 9.53. The lowest BCUT2D eigenvalue weighted by atomic mass is 10.1. The Morgan fingerprint density at radius 2 is 1.93 bits per heavy atom. The van der Waals surface area contributed by atoms with Crippen LogP contribution in [0, 0.1) is 0 Å². The first-order chi connectivity index (χ1) is 6.79. The molecule has 72 valence electrons. The minimum atomic E-state index is 0.903. The van der Waals surface area contributed by atoms with Gasteiger partial charge < -0.3 is 0 Å². The number of benzene rings is 1. The van der Waals surface area contributed by atoms with Crippen LogP contribution < -0.4 is 0 Å². The van der Waals surface area contributed by atoms with Crippen LogP contribution in [0.15, 0.2) is 36.7 Å². The predicted octanol–water partition coefficient (Wildman–Crippen LogP) is 2.98. The molecule has 0 unspecified atom stereocenters. The molecule has 3 heteroatoms. The van der Waals surface area contributed by atoms with Gasteiger partial charge in [0, 0.05) is 24.1 Å². The van der Waals surface area contributed by atoms with Gasteiger partial charge in [-0.1, -0.05) is 40.2 Å². The van der Waals surface area contributed by atoms with E-state index in [1.165, 1.54) is 11.1 Å². The third kappa shape index (κ3) is 1.87. The van der Waals surface area contributed by atoms with Crippen molar-refractivity contribution in [1.82, 2.24) is 9.78 Å². The second kappa shape index (κ2) is 3.96. The van der Waals surface area contributed by atoms with E-state index in [1.807, 2.05) is 24.1 Å². The first kappa shape index (κ1) is 9.46. The van der Waals surface area contributed by atoms with Crippen molar-refractivity contribution < 1.29 is 0 Å². The average Bonchev–Trinajstić information content (AvgIpc) is 2.65. The zero-order chi connectivity index (χ0) is 9.97. The summed E-state index contributed by atoms with van der Waals surface area (Å²) in [6.07, 6.45) is 3.90. The maximum Gasteiger partial charge on any atom is 0.0568 e. The van der Waals surface area contributed by atoms with E-state index in [4.69, 9.17) is 0 Å². The molecule has 2 nitrogen and oxygen atoms in total. The van der Waals surface area contributed by atoms with E-state index in [9.17, 15) is 0 Å². The summed E-state index contributed by atoms with van der Waals surface area (Å²) in [5.74, 6) is 0. The number of alkyl halides is 1. The van der Waals surface area contributed by atoms with E-state index < -0.39 is 0 Å². The molecule has 2 rings (SSSR count). The Kier molecular flexibility index (Phi) is 2.68. The largest absolute Gasteiger partial charge is 0.275 e. The predicted molar refractivity (Wildman–Crippen MR) is 61.3 cm³/mol. The maximum atomic E-state index is 4.14. The molecule has 0 saturated carbocycles. The summed E-state index contributed by atoms with van der Waals surface area (Å²) in [4.78, 5) is 0. The van der Waals surface area contributed by atoms with E-state index in [2.05, 4.69) is 45.3 Å². The summed E-state index contributed by atoms with van der Waals surface area (Å²) in [7, 11) is 1.93. The monoisotopic (exact) mass is 250 g/mol. The average molecular weight is 251 g/mol. The molecule has 0 aliphatic rings. The minimum absolute atomic E-state index is 0.903. The molecule has 0 fully saturated rings.